The van der Waals surface area contributed by atoms with Crippen LogP contribution < -0.4 is 4.74 Å². The van der Waals surface area contributed by atoms with Crippen LogP contribution in [0, 0.1) is 11.6 Å². The third kappa shape index (κ3) is 6.71. The number of benzene rings is 1. The predicted molar refractivity (Wildman–Crippen MR) is 121 cm³/mol. The molecule has 1 N–H and O–H groups in total. The summed E-state index contributed by atoms with van der Waals surface area (Å²) in [6, 6.07) is 2.86. The van der Waals surface area contributed by atoms with Crippen LogP contribution in [0.3, 0.4) is 0 Å². The van der Waals surface area contributed by atoms with E-state index in [1.807, 2.05) is 0 Å². The third-order valence-corrected chi connectivity index (χ3v) is 5.48. The topological polar surface area (TPSA) is 38.7 Å². The molecule has 178 valence electrons. The van der Waals surface area contributed by atoms with E-state index < -0.39 is 29.0 Å². The highest BCUT2D eigenvalue weighted by molar-refractivity contribution is 5.49. The number of rotatable bonds is 10. The highest BCUT2D eigenvalue weighted by Crippen LogP contribution is 2.36. The van der Waals surface area contributed by atoms with Gasteiger partial charge in [-0.2, -0.15) is 8.78 Å². The van der Waals surface area contributed by atoms with Gasteiger partial charge in [-0.1, -0.05) is 44.5 Å². The largest absolute Gasteiger partial charge is 0.494 e. The van der Waals surface area contributed by atoms with Crippen molar-refractivity contribution in [3.63, 3.8) is 0 Å². The summed E-state index contributed by atoms with van der Waals surface area (Å²) in [5, 5.41) is 9.60. The van der Waals surface area contributed by atoms with Gasteiger partial charge in [-0.25, -0.2) is 8.78 Å². The van der Waals surface area contributed by atoms with Crippen molar-refractivity contribution in [1.29, 1.82) is 0 Å². The zero-order valence-electron chi connectivity index (χ0n) is 18.6. The Hall–Kier alpha value is -3.06. The van der Waals surface area contributed by atoms with Crippen molar-refractivity contribution in [2.24, 2.45) is 0 Å². The minimum absolute atomic E-state index is 0.0619. The first kappa shape index (κ1) is 26.2. The van der Waals surface area contributed by atoms with Crippen molar-refractivity contribution in [1.82, 2.24) is 0 Å². The highest BCUT2D eigenvalue weighted by Gasteiger charge is 2.25. The molecule has 33 heavy (non-hydrogen) atoms. The van der Waals surface area contributed by atoms with Gasteiger partial charge in [0.05, 0.1) is 13.2 Å². The maximum Gasteiger partial charge on any atom is 0.200 e. The molecule has 1 fully saturated rings. The van der Waals surface area contributed by atoms with Gasteiger partial charge in [-0.3, -0.25) is 0 Å². The molecule has 2 rings (SSSR count). The van der Waals surface area contributed by atoms with Gasteiger partial charge in [0.1, 0.15) is 12.4 Å². The van der Waals surface area contributed by atoms with Crippen LogP contribution in [0.25, 0.3) is 0 Å². The summed E-state index contributed by atoms with van der Waals surface area (Å²) in [6.07, 6.45) is 4.67. The van der Waals surface area contributed by atoms with Crippen LogP contribution in [0.4, 0.5) is 17.6 Å². The van der Waals surface area contributed by atoms with E-state index in [0.717, 1.165) is 7.11 Å². The zero-order chi connectivity index (χ0) is 24.7. The summed E-state index contributed by atoms with van der Waals surface area (Å²) in [5.74, 6) is -5.48. The molecule has 1 aliphatic rings. The second-order valence-corrected chi connectivity index (χ2v) is 7.83. The predicted octanol–water partition coefficient (Wildman–Crippen LogP) is 6.90. The lowest BCUT2D eigenvalue weighted by molar-refractivity contribution is 0.122. The molecular formula is C26H28F4O3. The summed E-state index contributed by atoms with van der Waals surface area (Å²) in [7, 11) is 1.15. The average Bonchev–Trinajstić information content (AvgIpc) is 2.82. The molecule has 0 bridgehead atoms. The van der Waals surface area contributed by atoms with Crippen LogP contribution in [-0.2, 0) is 4.74 Å². The molecule has 0 spiro atoms. The van der Waals surface area contributed by atoms with Crippen LogP contribution in [0.15, 0.2) is 84.7 Å². The summed E-state index contributed by atoms with van der Waals surface area (Å²) >= 11 is 0. The molecule has 0 atom stereocenters. The van der Waals surface area contributed by atoms with Crippen molar-refractivity contribution in [2.45, 2.75) is 37.7 Å². The molecule has 1 aromatic carbocycles. The second kappa shape index (κ2) is 11.7. The number of hydrogen-bond acceptors (Lipinski definition) is 3. The van der Waals surface area contributed by atoms with Crippen LogP contribution in [0.2, 0.25) is 0 Å². The number of ether oxygens (including phenoxy) is 2. The fourth-order valence-electron chi connectivity index (χ4n) is 3.38. The van der Waals surface area contributed by atoms with Crippen molar-refractivity contribution in [3.05, 3.63) is 102 Å². The van der Waals surface area contributed by atoms with Gasteiger partial charge in [0.25, 0.3) is 0 Å². The van der Waals surface area contributed by atoms with Gasteiger partial charge >= 0.3 is 0 Å². The molecular weight excluding hydrogens is 436 g/mol. The molecule has 3 nitrogen and oxygen atoms in total. The molecule has 0 saturated heterocycles. The Kier molecular flexibility index (Phi) is 9.29. The van der Waals surface area contributed by atoms with E-state index in [-0.39, 0.29) is 41.1 Å². The first-order valence-electron chi connectivity index (χ1n) is 10.4. The lowest BCUT2D eigenvalue weighted by Gasteiger charge is -2.26. The molecule has 0 aliphatic heterocycles. The second-order valence-electron chi connectivity index (χ2n) is 7.83. The van der Waals surface area contributed by atoms with Crippen molar-refractivity contribution < 1.29 is 32.1 Å². The summed E-state index contributed by atoms with van der Waals surface area (Å²) < 4.78 is 66.8. The Labute approximate surface area is 191 Å². The fourth-order valence-corrected chi connectivity index (χ4v) is 3.38. The number of allylic oxidation sites excluding steroid dienone is 5. The van der Waals surface area contributed by atoms with Crippen LogP contribution in [0.1, 0.15) is 37.2 Å². The maximum atomic E-state index is 14.6. The summed E-state index contributed by atoms with van der Waals surface area (Å²) in [5.41, 5.74) is 0.375. The number of aliphatic hydroxyl groups excluding tert-OH is 1. The number of hydrogen-bond donors (Lipinski definition) is 1. The Morgan fingerprint density at radius 2 is 1.64 bits per heavy atom. The van der Waals surface area contributed by atoms with Gasteiger partial charge in [0.2, 0.25) is 11.6 Å². The molecule has 7 heteroatoms. The van der Waals surface area contributed by atoms with E-state index in [4.69, 9.17) is 4.74 Å². The third-order valence-electron chi connectivity index (χ3n) is 5.48. The first-order chi connectivity index (χ1) is 15.6. The Morgan fingerprint density at radius 1 is 1.00 bits per heavy atom. The number of halogens is 4. The van der Waals surface area contributed by atoms with Gasteiger partial charge in [-0.05, 0) is 54.4 Å². The molecule has 1 aromatic rings. The van der Waals surface area contributed by atoms with E-state index in [9.17, 15) is 22.7 Å². The van der Waals surface area contributed by atoms with E-state index in [0.29, 0.717) is 31.3 Å². The standard InChI is InChI=1S/C26H28F4O3/c1-15(6-7-16(2)17(3)23(27)24(28)18(4)32-5)14-33-22-13-12-21(25(29)26(22)30)19-8-10-20(31)11-9-19/h6-7,12-13,19-20,31H,1-4,8-11,14H2,5H3/b7-6-,24-23-. The highest BCUT2D eigenvalue weighted by atomic mass is 19.2. The van der Waals surface area contributed by atoms with E-state index in [1.54, 1.807) is 0 Å². The summed E-state index contributed by atoms with van der Waals surface area (Å²) in [6.45, 7) is 13.9. The first-order valence-corrected chi connectivity index (χ1v) is 10.4. The van der Waals surface area contributed by atoms with Crippen molar-refractivity contribution in [2.75, 3.05) is 13.7 Å². The average molecular weight is 464 g/mol. The van der Waals surface area contributed by atoms with Gasteiger partial charge < -0.3 is 14.6 Å². The van der Waals surface area contributed by atoms with Gasteiger partial charge in [0.15, 0.2) is 17.4 Å². The van der Waals surface area contributed by atoms with Crippen molar-refractivity contribution >= 4 is 0 Å². The minimum atomic E-state index is -1.29. The molecule has 0 radical (unpaired) electrons. The molecule has 0 aromatic heterocycles. The lowest BCUT2D eigenvalue weighted by Crippen LogP contribution is -2.18. The normalized spacial score (nSPS) is 19.1. The molecule has 1 aliphatic carbocycles. The van der Waals surface area contributed by atoms with Crippen LogP contribution in [0.5, 0.6) is 5.75 Å². The van der Waals surface area contributed by atoms with Crippen molar-refractivity contribution in [3.8, 4) is 5.75 Å². The van der Waals surface area contributed by atoms with Gasteiger partial charge in [-0.15, -0.1) is 0 Å². The molecule has 0 heterocycles. The smallest absolute Gasteiger partial charge is 0.200 e. The SMILES string of the molecule is C=C(/C=C\C(=C)C(=C)/C(F)=C(/F)C(=C)OC)COc1ccc(C2CCC(O)CC2)c(F)c1F. The summed E-state index contributed by atoms with van der Waals surface area (Å²) in [4.78, 5) is 0. The van der Waals surface area contributed by atoms with E-state index in [1.165, 1.54) is 24.3 Å². The number of aliphatic hydroxyl groups is 1. The van der Waals surface area contributed by atoms with Crippen LogP contribution >= 0.6 is 0 Å². The fraction of sp³-hybridized carbons (Fsp3) is 0.308. The molecule has 0 unspecified atom stereocenters. The Balaban J connectivity index is 1.98. The Morgan fingerprint density at radius 3 is 2.24 bits per heavy atom. The monoisotopic (exact) mass is 464 g/mol. The number of methoxy groups -OCH3 is 1. The Bertz CT molecular complexity index is 999. The van der Waals surface area contributed by atoms with E-state index >= 15 is 0 Å². The zero-order valence-corrected chi connectivity index (χ0v) is 18.6. The minimum Gasteiger partial charge on any atom is -0.494 e. The van der Waals surface area contributed by atoms with E-state index in [2.05, 4.69) is 31.1 Å². The molecule has 0 amide bonds. The lowest BCUT2D eigenvalue weighted by atomic mass is 9.82. The van der Waals surface area contributed by atoms with Crippen LogP contribution in [-0.4, -0.2) is 24.9 Å². The molecule has 1 saturated carbocycles. The maximum absolute atomic E-state index is 14.6. The quantitative estimate of drug-likeness (QED) is 0.233. The van der Waals surface area contributed by atoms with Gasteiger partial charge in [0, 0.05) is 5.57 Å².